The highest BCUT2D eigenvalue weighted by Crippen LogP contribution is 2.20. The van der Waals surface area contributed by atoms with E-state index in [1.165, 1.54) is 0 Å². The summed E-state index contributed by atoms with van der Waals surface area (Å²) in [6, 6.07) is 4.43. The van der Waals surface area contributed by atoms with Crippen molar-refractivity contribution < 1.29 is 14.4 Å². The van der Waals surface area contributed by atoms with E-state index in [-0.39, 0.29) is 12.5 Å². The van der Waals surface area contributed by atoms with Crippen molar-refractivity contribution in [2.75, 3.05) is 11.9 Å². The predicted octanol–water partition coefficient (Wildman–Crippen LogP) is 2.42. The third-order valence-corrected chi connectivity index (χ3v) is 3.94. The van der Waals surface area contributed by atoms with E-state index < -0.39 is 18.0 Å². The van der Waals surface area contributed by atoms with Gasteiger partial charge in [-0.1, -0.05) is 29.3 Å². The number of anilines is 1. The summed E-state index contributed by atoms with van der Waals surface area (Å²) in [5.74, 6) is -0.736. The number of amides is 4. The quantitative estimate of drug-likeness (QED) is 0.784. The van der Waals surface area contributed by atoms with Gasteiger partial charge in [-0.15, -0.1) is 0 Å². The molecule has 0 unspecified atom stereocenters. The summed E-state index contributed by atoms with van der Waals surface area (Å²) in [5, 5.41) is 5.31. The lowest BCUT2D eigenvalue weighted by atomic mass is 10.1. The maximum absolute atomic E-state index is 12.1. The van der Waals surface area contributed by atoms with Crippen molar-refractivity contribution in [2.24, 2.45) is 0 Å². The second-order valence-electron chi connectivity index (χ2n) is 5.22. The Morgan fingerprint density at radius 1 is 1.41 bits per heavy atom. The van der Waals surface area contributed by atoms with Gasteiger partial charge in [0.25, 0.3) is 5.91 Å². The van der Waals surface area contributed by atoms with Crippen molar-refractivity contribution in [2.45, 2.75) is 32.7 Å². The number of carbonyl (C=O) groups excluding carboxylic acids is 3. The number of hydrogen-bond acceptors (Lipinski definition) is 3. The van der Waals surface area contributed by atoms with Crippen molar-refractivity contribution in [1.29, 1.82) is 0 Å². The van der Waals surface area contributed by atoms with Gasteiger partial charge in [-0.2, -0.15) is 0 Å². The Kier molecular flexibility index (Phi) is 5.18. The summed E-state index contributed by atoms with van der Waals surface area (Å²) >= 11 is 3.35. The van der Waals surface area contributed by atoms with E-state index >= 15 is 0 Å². The maximum Gasteiger partial charge on any atom is 0.325 e. The Morgan fingerprint density at radius 2 is 2.14 bits per heavy atom. The number of urea groups is 1. The third kappa shape index (κ3) is 3.65. The zero-order valence-corrected chi connectivity index (χ0v) is 14.1. The van der Waals surface area contributed by atoms with Crippen LogP contribution in [0.4, 0.5) is 10.5 Å². The van der Waals surface area contributed by atoms with E-state index in [0.717, 1.165) is 21.4 Å². The molecule has 1 atom stereocenters. The third-order valence-electron chi connectivity index (χ3n) is 3.45. The number of hydrogen-bond donors (Lipinski definition) is 2. The average Bonchev–Trinajstić information content (AvgIpc) is 2.70. The van der Waals surface area contributed by atoms with Crippen LogP contribution in [0.1, 0.15) is 25.3 Å². The van der Waals surface area contributed by atoms with Crippen LogP contribution in [0.3, 0.4) is 0 Å². The lowest BCUT2D eigenvalue weighted by Crippen LogP contribution is -2.38. The SMILES string of the molecule is CCC[C@@H]1NC(=O)N(CC(=O)Nc2ccc(Br)cc2C)C1=O. The van der Waals surface area contributed by atoms with Crippen molar-refractivity contribution in [3.63, 3.8) is 0 Å². The van der Waals surface area contributed by atoms with Crippen LogP contribution >= 0.6 is 15.9 Å². The van der Waals surface area contributed by atoms with E-state index in [0.29, 0.717) is 12.1 Å². The minimum atomic E-state index is -0.514. The molecule has 2 N–H and O–H groups in total. The van der Waals surface area contributed by atoms with Crippen LogP contribution in [0.2, 0.25) is 0 Å². The van der Waals surface area contributed by atoms with Crippen molar-refractivity contribution in [3.05, 3.63) is 28.2 Å². The van der Waals surface area contributed by atoms with Gasteiger partial charge in [0, 0.05) is 10.2 Å². The minimum absolute atomic E-state index is 0.277. The predicted molar refractivity (Wildman–Crippen MR) is 86.4 cm³/mol. The van der Waals surface area contributed by atoms with Crippen LogP contribution in [0.5, 0.6) is 0 Å². The molecule has 0 radical (unpaired) electrons. The van der Waals surface area contributed by atoms with Crippen molar-refractivity contribution in [1.82, 2.24) is 10.2 Å². The Labute approximate surface area is 137 Å². The molecule has 0 spiro atoms. The monoisotopic (exact) mass is 367 g/mol. The molecular weight excluding hydrogens is 350 g/mol. The van der Waals surface area contributed by atoms with Crippen LogP contribution in [0.15, 0.2) is 22.7 Å². The molecule has 1 aliphatic heterocycles. The fourth-order valence-electron chi connectivity index (χ4n) is 2.31. The Bertz CT molecular complexity index is 618. The molecule has 4 amide bonds. The van der Waals surface area contributed by atoms with E-state index in [4.69, 9.17) is 0 Å². The number of halogens is 1. The summed E-state index contributed by atoms with van der Waals surface area (Å²) < 4.78 is 0.916. The fraction of sp³-hybridized carbons (Fsp3) is 0.400. The molecule has 7 heteroatoms. The molecule has 1 aromatic rings. The number of carbonyl (C=O) groups is 3. The molecule has 2 rings (SSSR count). The van der Waals surface area contributed by atoms with Crippen LogP contribution in [-0.2, 0) is 9.59 Å². The van der Waals surface area contributed by atoms with Crippen LogP contribution in [-0.4, -0.2) is 35.3 Å². The number of imide groups is 1. The number of rotatable bonds is 5. The van der Waals surface area contributed by atoms with Gasteiger partial charge in [-0.3, -0.25) is 14.5 Å². The topological polar surface area (TPSA) is 78.5 Å². The normalized spacial score (nSPS) is 17.6. The molecule has 6 nitrogen and oxygen atoms in total. The molecular formula is C15H18BrN3O3. The lowest BCUT2D eigenvalue weighted by molar-refractivity contribution is -0.130. The number of nitrogens with zero attached hydrogens (tertiary/aromatic N) is 1. The summed E-state index contributed by atoms with van der Waals surface area (Å²) in [6.45, 7) is 3.52. The van der Waals surface area contributed by atoms with Crippen LogP contribution < -0.4 is 10.6 Å². The largest absolute Gasteiger partial charge is 0.326 e. The van der Waals surface area contributed by atoms with Gasteiger partial charge in [-0.05, 0) is 37.1 Å². The highest BCUT2D eigenvalue weighted by molar-refractivity contribution is 9.10. The average molecular weight is 368 g/mol. The van der Waals surface area contributed by atoms with Gasteiger partial charge in [0.1, 0.15) is 12.6 Å². The van der Waals surface area contributed by atoms with E-state index in [1.807, 2.05) is 26.0 Å². The Morgan fingerprint density at radius 3 is 2.77 bits per heavy atom. The van der Waals surface area contributed by atoms with Gasteiger partial charge in [0.15, 0.2) is 0 Å². The first kappa shape index (κ1) is 16.5. The van der Waals surface area contributed by atoms with Crippen LogP contribution in [0, 0.1) is 6.92 Å². The first-order valence-corrected chi connectivity index (χ1v) is 7.89. The highest BCUT2D eigenvalue weighted by Gasteiger charge is 2.38. The number of aryl methyl sites for hydroxylation is 1. The Hall–Kier alpha value is -1.89. The van der Waals surface area contributed by atoms with Crippen molar-refractivity contribution in [3.8, 4) is 0 Å². The molecule has 118 valence electrons. The molecule has 1 saturated heterocycles. The standard InChI is InChI=1S/C15H18BrN3O3/c1-3-4-12-14(21)19(15(22)18-12)8-13(20)17-11-6-5-10(16)7-9(11)2/h5-7,12H,3-4,8H2,1-2H3,(H,17,20)(H,18,22)/t12-/m0/s1. The van der Waals surface area contributed by atoms with Gasteiger partial charge in [0.2, 0.25) is 5.91 Å². The van der Waals surface area contributed by atoms with E-state index in [1.54, 1.807) is 6.07 Å². The molecule has 1 heterocycles. The first-order chi connectivity index (χ1) is 10.4. The fourth-order valence-corrected chi connectivity index (χ4v) is 2.79. The second-order valence-corrected chi connectivity index (χ2v) is 6.14. The smallest absolute Gasteiger partial charge is 0.325 e. The highest BCUT2D eigenvalue weighted by atomic mass is 79.9. The minimum Gasteiger partial charge on any atom is -0.326 e. The lowest BCUT2D eigenvalue weighted by Gasteiger charge is -2.14. The molecule has 0 aliphatic carbocycles. The number of nitrogens with one attached hydrogen (secondary N) is 2. The molecule has 1 aliphatic rings. The zero-order valence-electron chi connectivity index (χ0n) is 12.5. The van der Waals surface area contributed by atoms with Crippen LogP contribution in [0.25, 0.3) is 0 Å². The first-order valence-electron chi connectivity index (χ1n) is 7.10. The molecule has 0 saturated carbocycles. The summed E-state index contributed by atoms with van der Waals surface area (Å²) in [7, 11) is 0. The van der Waals surface area contributed by atoms with Gasteiger partial charge >= 0.3 is 6.03 Å². The summed E-state index contributed by atoms with van der Waals surface area (Å²) in [6.07, 6.45) is 1.36. The summed E-state index contributed by atoms with van der Waals surface area (Å²) in [4.78, 5) is 36.9. The van der Waals surface area contributed by atoms with E-state index in [9.17, 15) is 14.4 Å². The molecule has 0 bridgehead atoms. The van der Waals surface area contributed by atoms with Gasteiger partial charge in [-0.25, -0.2) is 4.79 Å². The second kappa shape index (κ2) is 6.91. The molecule has 0 aromatic heterocycles. The molecule has 1 fully saturated rings. The zero-order chi connectivity index (χ0) is 16.3. The Balaban J connectivity index is 2.00. The maximum atomic E-state index is 12.1. The number of benzene rings is 1. The molecule has 1 aromatic carbocycles. The van der Waals surface area contributed by atoms with E-state index in [2.05, 4.69) is 26.6 Å². The van der Waals surface area contributed by atoms with Gasteiger partial charge in [0.05, 0.1) is 0 Å². The summed E-state index contributed by atoms with van der Waals surface area (Å²) in [5.41, 5.74) is 1.55. The van der Waals surface area contributed by atoms with Crippen molar-refractivity contribution >= 4 is 39.5 Å². The van der Waals surface area contributed by atoms with Gasteiger partial charge < -0.3 is 10.6 Å². The molecule has 22 heavy (non-hydrogen) atoms.